The highest BCUT2D eigenvalue weighted by Crippen LogP contribution is 2.41. The molecular formula is C33H39N7OS. The molecule has 4 aromatic rings. The molecule has 3 aromatic heterocycles. The highest BCUT2D eigenvalue weighted by Gasteiger charge is 2.39. The van der Waals surface area contributed by atoms with Gasteiger partial charge in [-0.05, 0) is 88.6 Å². The van der Waals surface area contributed by atoms with Crippen LogP contribution < -0.4 is 4.90 Å². The molecule has 42 heavy (non-hydrogen) atoms. The van der Waals surface area contributed by atoms with Gasteiger partial charge in [-0.1, -0.05) is 12.1 Å². The Morgan fingerprint density at radius 2 is 1.71 bits per heavy atom. The molecule has 1 amide bonds. The molecule has 0 bridgehead atoms. The molecule has 7 rings (SSSR count). The quantitative estimate of drug-likeness (QED) is 0.345. The van der Waals surface area contributed by atoms with E-state index < -0.39 is 0 Å². The molecule has 0 N–H and O–H groups in total. The van der Waals surface area contributed by atoms with E-state index in [1.54, 1.807) is 11.3 Å². The molecule has 0 atom stereocenters. The van der Waals surface area contributed by atoms with E-state index >= 15 is 0 Å². The monoisotopic (exact) mass is 581 g/mol. The summed E-state index contributed by atoms with van der Waals surface area (Å²) in [5, 5.41) is 7.26. The van der Waals surface area contributed by atoms with Crippen LogP contribution in [-0.4, -0.2) is 95.8 Å². The van der Waals surface area contributed by atoms with Crippen molar-refractivity contribution in [3.63, 3.8) is 0 Å². The predicted octanol–water partition coefficient (Wildman–Crippen LogP) is 4.54. The van der Waals surface area contributed by atoms with E-state index in [1.165, 1.54) is 16.1 Å². The van der Waals surface area contributed by atoms with Gasteiger partial charge in [0.05, 0.1) is 22.6 Å². The van der Waals surface area contributed by atoms with Gasteiger partial charge in [0.1, 0.15) is 0 Å². The normalized spacial score (nSPS) is 18.7. The van der Waals surface area contributed by atoms with Crippen LogP contribution in [0.15, 0.2) is 60.1 Å². The maximum Gasteiger partial charge on any atom is 0.274 e. The number of aryl methyl sites for hydroxylation is 1. The number of hydrogen-bond acceptors (Lipinski definition) is 7. The molecule has 2 aliphatic heterocycles. The van der Waals surface area contributed by atoms with Gasteiger partial charge >= 0.3 is 0 Å². The number of likely N-dealkylation sites (N-methyl/N-ethyl adjacent to an activating group) is 1. The lowest BCUT2D eigenvalue weighted by molar-refractivity contribution is 0.0656. The topological polar surface area (TPSA) is 60.7 Å². The van der Waals surface area contributed by atoms with E-state index in [2.05, 4.69) is 88.4 Å². The minimum Gasteiger partial charge on any atom is -0.371 e. The van der Waals surface area contributed by atoms with Crippen molar-refractivity contribution in [2.24, 2.45) is 0 Å². The number of anilines is 1. The van der Waals surface area contributed by atoms with Crippen LogP contribution >= 0.6 is 11.3 Å². The van der Waals surface area contributed by atoms with E-state index in [1.807, 2.05) is 17.2 Å². The number of carbonyl (C=O) groups excluding carboxylic acids is 1. The smallest absolute Gasteiger partial charge is 0.274 e. The van der Waals surface area contributed by atoms with Crippen LogP contribution in [0.1, 0.15) is 39.5 Å². The second kappa shape index (κ2) is 10.9. The van der Waals surface area contributed by atoms with Crippen molar-refractivity contribution in [3.05, 3.63) is 81.9 Å². The van der Waals surface area contributed by atoms with Crippen LogP contribution in [0.3, 0.4) is 0 Å². The zero-order chi connectivity index (χ0) is 28.8. The Morgan fingerprint density at radius 1 is 0.929 bits per heavy atom. The third kappa shape index (κ3) is 4.64. The first kappa shape index (κ1) is 27.3. The van der Waals surface area contributed by atoms with Crippen LogP contribution in [0.5, 0.6) is 0 Å². The van der Waals surface area contributed by atoms with Crippen molar-refractivity contribution in [3.8, 4) is 16.9 Å². The standard InChI is InChI=1S/C33H39N7OS/c1-36(2)33(29-9-4-5-15-34-29)13-16-38(17-14-33)24-7-6-8-25(23-24)40-31-26-12-22-42-28(26)11-10-27(31)30(35-40)32(41)39-20-18-37(3)19-21-39/h4-9,12,15,22-23H,10-11,13-14,16-21H2,1-3H3. The highest BCUT2D eigenvalue weighted by atomic mass is 32.1. The van der Waals surface area contributed by atoms with E-state index in [-0.39, 0.29) is 11.4 Å². The molecule has 0 saturated carbocycles. The number of fused-ring (bicyclic) bond motifs is 3. The average molecular weight is 582 g/mol. The lowest BCUT2D eigenvalue weighted by Crippen LogP contribution is -2.51. The van der Waals surface area contributed by atoms with Gasteiger partial charge in [-0.3, -0.25) is 14.7 Å². The van der Waals surface area contributed by atoms with Crippen LogP contribution in [0.2, 0.25) is 0 Å². The molecule has 9 heteroatoms. The largest absolute Gasteiger partial charge is 0.371 e. The molecule has 218 valence electrons. The lowest BCUT2D eigenvalue weighted by Gasteiger charge is -2.46. The second-order valence-electron chi connectivity index (χ2n) is 12.1. The van der Waals surface area contributed by atoms with Crippen molar-refractivity contribution >= 4 is 22.9 Å². The number of pyridine rings is 1. The first-order chi connectivity index (χ1) is 20.4. The van der Waals surface area contributed by atoms with Gasteiger partial charge in [0.25, 0.3) is 5.91 Å². The minimum absolute atomic E-state index is 0.0652. The Balaban J connectivity index is 1.21. The van der Waals surface area contributed by atoms with Crippen LogP contribution in [0.4, 0.5) is 5.69 Å². The number of aromatic nitrogens is 3. The fraction of sp³-hybridized carbons (Fsp3) is 0.424. The third-order valence-electron chi connectivity index (χ3n) is 9.61. The Morgan fingerprint density at radius 3 is 2.45 bits per heavy atom. The number of nitrogens with zero attached hydrogens (tertiary/aromatic N) is 7. The number of thiophene rings is 1. The average Bonchev–Trinajstić information content (AvgIpc) is 3.67. The number of amides is 1. The van der Waals surface area contributed by atoms with Crippen molar-refractivity contribution in [2.75, 3.05) is 65.3 Å². The Labute approximate surface area is 252 Å². The predicted molar refractivity (Wildman–Crippen MR) is 169 cm³/mol. The van der Waals surface area contributed by atoms with Gasteiger partial charge in [-0.25, -0.2) is 4.68 Å². The summed E-state index contributed by atoms with van der Waals surface area (Å²) in [5.41, 5.74) is 7.32. The molecule has 3 aliphatic rings. The molecule has 0 spiro atoms. The van der Waals surface area contributed by atoms with E-state index in [9.17, 15) is 4.79 Å². The first-order valence-corrected chi connectivity index (χ1v) is 15.9. The SMILES string of the molecule is CN1CCN(C(=O)c2nn(-c3cccc(N4CCC(c5ccccn5)(N(C)C)CC4)c3)c3c2CCc2sccc2-3)CC1. The van der Waals surface area contributed by atoms with Crippen molar-refractivity contribution < 1.29 is 4.79 Å². The molecule has 5 heterocycles. The molecule has 8 nitrogen and oxygen atoms in total. The fourth-order valence-electron chi connectivity index (χ4n) is 6.99. The molecule has 1 aromatic carbocycles. The van der Waals surface area contributed by atoms with Crippen LogP contribution in [-0.2, 0) is 18.4 Å². The van der Waals surface area contributed by atoms with E-state index in [0.717, 1.165) is 87.6 Å². The number of rotatable bonds is 5. The van der Waals surface area contributed by atoms with Gasteiger partial charge in [0.15, 0.2) is 5.69 Å². The van der Waals surface area contributed by atoms with E-state index in [4.69, 9.17) is 10.1 Å². The Bertz CT molecular complexity index is 1580. The maximum absolute atomic E-state index is 13.8. The summed E-state index contributed by atoms with van der Waals surface area (Å²) in [4.78, 5) is 29.1. The van der Waals surface area contributed by atoms with E-state index in [0.29, 0.717) is 5.69 Å². The zero-order valence-electron chi connectivity index (χ0n) is 24.8. The third-order valence-corrected chi connectivity index (χ3v) is 10.6. The molecule has 1 aliphatic carbocycles. The Kier molecular flexibility index (Phi) is 7.12. The summed E-state index contributed by atoms with van der Waals surface area (Å²) in [7, 11) is 6.46. The molecule has 0 radical (unpaired) electrons. The second-order valence-corrected chi connectivity index (χ2v) is 13.1. The highest BCUT2D eigenvalue weighted by molar-refractivity contribution is 7.10. The summed E-state index contributed by atoms with van der Waals surface area (Å²) in [5.74, 6) is 0.0681. The lowest BCUT2D eigenvalue weighted by atomic mass is 9.82. The van der Waals surface area contributed by atoms with Crippen molar-refractivity contribution in [2.45, 2.75) is 31.2 Å². The summed E-state index contributed by atoms with van der Waals surface area (Å²) >= 11 is 1.81. The molecule has 2 fully saturated rings. The number of benzene rings is 1. The number of piperidine rings is 1. The van der Waals surface area contributed by atoms with Gasteiger partial charge in [-0.2, -0.15) is 5.10 Å². The van der Waals surface area contributed by atoms with Gasteiger partial charge in [0, 0.05) is 67.2 Å². The minimum atomic E-state index is -0.0652. The molecular weight excluding hydrogens is 542 g/mol. The van der Waals surface area contributed by atoms with Gasteiger partial charge in [0.2, 0.25) is 0 Å². The van der Waals surface area contributed by atoms with Crippen LogP contribution in [0.25, 0.3) is 16.9 Å². The fourth-order valence-corrected chi connectivity index (χ4v) is 7.87. The number of hydrogen-bond donors (Lipinski definition) is 0. The molecule has 0 unspecified atom stereocenters. The molecule has 2 saturated heterocycles. The first-order valence-electron chi connectivity index (χ1n) is 15.1. The maximum atomic E-state index is 13.8. The number of piperazine rings is 1. The summed E-state index contributed by atoms with van der Waals surface area (Å²) < 4.78 is 2.05. The number of carbonyl (C=O) groups is 1. The van der Waals surface area contributed by atoms with Crippen LogP contribution in [0, 0.1) is 0 Å². The van der Waals surface area contributed by atoms with Crippen molar-refractivity contribution in [1.82, 2.24) is 29.5 Å². The summed E-state index contributed by atoms with van der Waals surface area (Å²) in [6.45, 7) is 5.18. The summed E-state index contributed by atoms with van der Waals surface area (Å²) in [6.07, 6.45) is 5.72. The zero-order valence-corrected chi connectivity index (χ0v) is 25.6. The van der Waals surface area contributed by atoms with Gasteiger partial charge < -0.3 is 14.7 Å². The Hall–Kier alpha value is -3.53. The summed E-state index contributed by atoms with van der Waals surface area (Å²) in [6, 6.07) is 17.2. The van der Waals surface area contributed by atoms with Crippen molar-refractivity contribution in [1.29, 1.82) is 0 Å². The van der Waals surface area contributed by atoms with Gasteiger partial charge in [-0.15, -0.1) is 11.3 Å².